The molecule has 0 aliphatic carbocycles. The Labute approximate surface area is 74.5 Å². The highest BCUT2D eigenvalue weighted by Gasteiger charge is 2.35. The van der Waals surface area contributed by atoms with Gasteiger partial charge in [0.1, 0.15) is 0 Å². The minimum absolute atomic E-state index is 0.105. The van der Waals surface area contributed by atoms with Gasteiger partial charge in [0.15, 0.2) is 5.70 Å². The lowest BCUT2D eigenvalue weighted by Crippen LogP contribution is -2.35. The minimum atomic E-state index is -4.36. The zero-order valence-corrected chi connectivity index (χ0v) is 7.39. The lowest BCUT2D eigenvalue weighted by atomic mass is 10.1. The smallest absolute Gasteiger partial charge is 0.381 e. The van der Waals surface area contributed by atoms with Crippen LogP contribution < -0.4 is 5.32 Å². The van der Waals surface area contributed by atoms with Crippen molar-refractivity contribution < 1.29 is 13.2 Å². The second-order valence-corrected chi connectivity index (χ2v) is 3.24. The van der Waals surface area contributed by atoms with Crippen LogP contribution in [0.4, 0.5) is 13.2 Å². The van der Waals surface area contributed by atoms with E-state index in [9.17, 15) is 13.2 Å². The third-order valence-corrected chi connectivity index (χ3v) is 1.80. The first-order valence-electron chi connectivity index (χ1n) is 3.99. The van der Waals surface area contributed by atoms with Gasteiger partial charge in [0.05, 0.1) is 6.04 Å². The second kappa shape index (κ2) is 3.40. The highest BCUT2D eigenvalue weighted by atomic mass is 19.4. The summed E-state index contributed by atoms with van der Waals surface area (Å²) in [5.74, 6) is 0.231. The highest BCUT2D eigenvalue weighted by molar-refractivity contribution is 5.67. The Morgan fingerprint density at radius 2 is 2.08 bits per heavy atom. The van der Waals surface area contributed by atoms with Gasteiger partial charge in [-0.2, -0.15) is 13.2 Å². The molecule has 0 aromatic heterocycles. The molecule has 1 heterocycles. The predicted molar refractivity (Wildman–Crippen MR) is 44.4 cm³/mol. The molecular weight excluding hydrogens is 181 g/mol. The molecule has 1 aliphatic heterocycles. The van der Waals surface area contributed by atoms with Gasteiger partial charge in [-0.1, -0.05) is 13.8 Å². The Bertz CT molecular complexity index is 240. The average molecular weight is 192 g/mol. The molecule has 0 amide bonds. The summed E-state index contributed by atoms with van der Waals surface area (Å²) in [6, 6.07) is -0.105. The molecule has 1 N–H and O–H groups in total. The van der Waals surface area contributed by atoms with Crippen LogP contribution in [-0.2, 0) is 0 Å². The third kappa shape index (κ3) is 2.47. The molecule has 0 radical (unpaired) electrons. The zero-order valence-electron chi connectivity index (χ0n) is 7.39. The largest absolute Gasteiger partial charge is 0.434 e. The van der Waals surface area contributed by atoms with E-state index in [1.165, 1.54) is 6.21 Å². The zero-order chi connectivity index (χ0) is 10.1. The van der Waals surface area contributed by atoms with E-state index in [1.54, 1.807) is 0 Å². The van der Waals surface area contributed by atoms with Crippen LogP contribution in [0.5, 0.6) is 0 Å². The number of nitrogens with zero attached hydrogens (tertiary/aromatic N) is 1. The van der Waals surface area contributed by atoms with Crippen LogP contribution in [0, 0.1) is 5.92 Å². The Hall–Kier alpha value is -1.00. The van der Waals surface area contributed by atoms with Crippen LogP contribution in [0.1, 0.15) is 13.8 Å². The van der Waals surface area contributed by atoms with Crippen molar-refractivity contribution in [3.05, 3.63) is 11.9 Å². The lowest BCUT2D eigenvalue weighted by molar-refractivity contribution is -0.0929. The summed E-state index contributed by atoms with van der Waals surface area (Å²) in [6.45, 7) is 3.83. The first-order chi connectivity index (χ1) is 5.91. The van der Waals surface area contributed by atoms with Crippen LogP contribution in [-0.4, -0.2) is 18.4 Å². The van der Waals surface area contributed by atoms with Crippen molar-refractivity contribution in [1.82, 2.24) is 5.32 Å². The predicted octanol–water partition coefficient (Wildman–Crippen LogP) is 2.09. The van der Waals surface area contributed by atoms with Crippen LogP contribution in [0.2, 0.25) is 0 Å². The molecule has 1 rings (SSSR count). The Morgan fingerprint density at radius 3 is 2.38 bits per heavy atom. The Balaban J connectivity index is 2.66. The summed E-state index contributed by atoms with van der Waals surface area (Å²) >= 11 is 0. The fourth-order valence-corrected chi connectivity index (χ4v) is 0.936. The highest BCUT2D eigenvalue weighted by Crippen LogP contribution is 2.27. The Morgan fingerprint density at radius 1 is 1.46 bits per heavy atom. The van der Waals surface area contributed by atoms with Gasteiger partial charge in [0.2, 0.25) is 0 Å². The van der Waals surface area contributed by atoms with Crippen LogP contribution in [0.15, 0.2) is 16.9 Å². The molecule has 0 spiro atoms. The number of nitrogens with one attached hydrogen (secondary N) is 1. The molecule has 0 saturated carbocycles. The third-order valence-electron chi connectivity index (χ3n) is 1.80. The SMILES string of the molecule is CC(C)C1C=NC(C(F)(F)F)=CN1. The van der Waals surface area contributed by atoms with Gasteiger partial charge in [-0.15, -0.1) is 0 Å². The van der Waals surface area contributed by atoms with Crippen molar-refractivity contribution in [2.75, 3.05) is 0 Å². The van der Waals surface area contributed by atoms with E-state index in [2.05, 4.69) is 10.3 Å². The maximum absolute atomic E-state index is 12.0. The van der Waals surface area contributed by atoms with E-state index in [0.717, 1.165) is 6.20 Å². The number of aliphatic imine (C=N–C) groups is 1. The number of rotatable bonds is 1. The summed E-state index contributed by atoms with van der Waals surface area (Å²) in [5, 5.41) is 2.64. The molecule has 1 aliphatic rings. The maximum Gasteiger partial charge on any atom is 0.434 e. The van der Waals surface area contributed by atoms with Crippen molar-refractivity contribution in [1.29, 1.82) is 0 Å². The van der Waals surface area contributed by atoms with Crippen molar-refractivity contribution in [3.8, 4) is 0 Å². The topological polar surface area (TPSA) is 24.4 Å². The van der Waals surface area contributed by atoms with Gasteiger partial charge in [-0.25, -0.2) is 0 Å². The molecule has 2 nitrogen and oxygen atoms in total. The fraction of sp³-hybridized carbons (Fsp3) is 0.625. The number of allylic oxidation sites excluding steroid dienone is 1. The molecular formula is C8H11F3N2. The fourth-order valence-electron chi connectivity index (χ4n) is 0.936. The van der Waals surface area contributed by atoms with Gasteiger partial charge in [-0.05, 0) is 5.92 Å². The molecule has 13 heavy (non-hydrogen) atoms. The monoisotopic (exact) mass is 192 g/mol. The number of hydrogen-bond acceptors (Lipinski definition) is 2. The summed E-state index contributed by atoms with van der Waals surface area (Å²) in [4.78, 5) is 3.35. The summed E-state index contributed by atoms with van der Waals surface area (Å²) in [5.41, 5.74) is -0.871. The number of hydrogen-bond donors (Lipinski definition) is 1. The van der Waals surface area contributed by atoms with Crippen LogP contribution in [0.25, 0.3) is 0 Å². The first-order valence-corrected chi connectivity index (χ1v) is 3.99. The minimum Gasteiger partial charge on any atom is -0.381 e. The second-order valence-electron chi connectivity index (χ2n) is 3.24. The van der Waals surface area contributed by atoms with Gasteiger partial charge >= 0.3 is 6.18 Å². The molecule has 74 valence electrons. The van der Waals surface area contributed by atoms with E-state index in [-0.39, 0.29) is 12.0 Å². The first kappa shape index (κ1) is 10.1. The van der Waals surface area contributed by atoms with Crippen LogP contribution >= 0.6 is 0 Å². The lowest BCUT2D eigenvalue weighted by Gasteiger charge is -2.21. The molecule has 1 atom stereocenters. The van der Waals surface area contributed by atoms with Crippen LogP contribution in [0.3, 0.4) is 0 Å². The van der Waals surface area contributed by atoms with Crippen molar-refractivity contribution in [2.24, 2.45) is 10.9 Å². The number of alkyl halides is 3. The molecule has 0 aromatic rings. The number of halogens is 3. The molecule has 0 saturated heterocycles. The standard InChI is InChI=1S/C8H11F3N2/c1-5(2)6-3-13-7(4-12-6)8(9,10)11/h3-6,12H,1-2H3. The molecule has 0 fully saturated rings. The van der Waals surface area contributed by atoms with Gasteiger partial charge in [0, 0.05) is 12.4 Å². The molecule has 5 heteroatoms. The molecule has 0 bridgehead atoms. The van der Waals surface area contributed by atoms with Crippen molar-refractivity contribution >= 4 is 6.21 Å². The van der Waals surface area contributed by atoms with Crippen molar-refractivity contribution in [3.63, 3.8) is 0 Å². The Kier molecular flexibility index (Phi) is 2.63. The van der Waals surface area contributed by atoms with Gasteiger partial charge in [0.25, 0.3) is 0 Å². The van der Waals surface area contributed by atoms with Gasteiger partial charge in [-0.3, -0.25) is 4.99 Å². The van der Waals surface area contributed by atoms with Gasteiger partial charge < -0.3 is 5.32 Å². The van der Waals surface area contributed by atoms with E-state index in [1.807, 2.05) is 13.8 Å². The average Bonchev–Trinajstić information content (AvgIpc) is 2.03. The summed E-state index contributed by atoms with van der Waals surface area (Å²) < 4.78 is 36.1. The quantitative estimate of drug-likeness (QED) is 0.675. The summed E-state index contributed by atoms with van der Waals surface area (Å²) in [7, 11) is 0. The van der Waals surface area contributed by atoms with E-state index < -0.39 is 11.9 Å². The van der Waals surface area contributed by atoms with E-state index >= 15 is 0 Å². The normalized spacial score (nSPS) is 22.9. The summed E-state index contributed by atoms with van der Waals surface area (Å²) in [6.07, 6.45) is -2.14. The van der Waals surface area contributed by atoms with Crippen molar-refractivity contribution in [2.45, 2.75) is 26.1 Å². The van der Waals surface area contributed by atoms with E-state index in [0.29, 0.717) is 0 Å². The maximum atomic E-state index is 12.0. The molecule has 1 unspecified atom stereocenters. The van der Waals surface area contributed by atoms with E-state index in [4.69, 9.17) is 0 Å². The molecule has 0 aromatic carbocycles.